The predicted molar refractivity (Wildman–Crippen MR) is 77.0 cm³/mol. The Labute approximate surface area is 111 Å². The van der Waals surface area contributed by atoms with Gasteiger partial charge in [0.15, 0.2) is 0 Å². The smallest absolute Gasteiger partial charge is 0.126 e. The minimum atomic E-state index is 0.189. The molecule has 2 N–H and O–H groups in total. The van der Waals surface area contributed by atoms with Gasteiger partial charge >= 0.3 is 0 Å². The molecule has 0 heterocycles. The van der Waals surface area contributed by atoms with Crippen LogP contribution in [0.1, 0.15) is 11.1 Å². The van der Waals surface area contributed by atoms with Crippen molar-refractivity contribution in [2.75, 3.05) is 0 Å². The first-order chi connectivity index (χ1) is 8.77. The van der Waals surface area contributed by atoms with Crippen LogP contribution in [0.4, 0.5) is 0 Å². The summed E-state index contributed by atoms with van der Waals surface area (Å²) in [5.41, 5.74) is 4.31. The van der Waals surface area contributed by atoms with Crippen LogP contribution in [0.5, 0.6) is 5.75 Å². The molecule has 2 aromatic rings. The van der Waals surface area contributed by atoms with Gasteiger partial charge in [0.25, 0.3) is 0 Å². The average Bonchev–Trinajstić information content (AvgIpc) is 2.42. The molecule has 0 aliphatic carbocycles. The van der Waals surface area contributed by atoms with Crippen molar-refractivity contribution in [3.8, 4) is 5.75 Å². The second kappa shape index (κ2) is 5.93. The highest BCUT2D eigenvalue weighted by molar-refractivity contribution is 7.80. The Morgan fingerprint density at radius 2 is 1.72 bits per heavy atom. The van der Waals surface area contributed by atoms with Crippen LogP contribution in [-0.4, -0.2) is 16.3 Å². The Balaban J connectivity index is 2.00. The summed E-state index contributed by atoms with van der Waals surface area (Å²) in [4.78, 5) is 0.544. The molecule has 0 aliphatic rings. The van der Waals surface area contributed by atoms with Crippen LogP contribution in [0.25, 0.3) is 0 Å². The third kappa shape index (κ3) is 3.15. The monoisotopic (exact) mass is 256 g/mol. The van der Waals surface area contributed by atoms with E-state index < -0.39 is 0 Å². The van der Waals surface area contributed by atoms with Crippen LogP contribution in [0, 0.1) is 0 Å². The molecule has 18 heavy (non-hydrogen) atoms. The molecule has 2 aromatic carbocycles. The van der Waals surface area contributed by atoms with Crippen molar-refractivity contribution in [3.63, 3.8) is 0 Å². The van der Waals surface area contributed by atoms with Gasteiger partial charge in [-0.25, -0.2) is 0 Å². The number of hydrogen-bond donors (Lipinski definition) is 2. The molecule has 3 nitrogen and oxygen atoms in total. The number of para-hydroxylation sites is 1. The van der Waals surface area contributed by atoms with E-state index in [2.05, 4.69) is 10.5 Å². The number of thiocarbonyl (C=S) groups is 1. The minimum Gasteiger partial charge on any atom is -0.507 e. The summed E-state index contributed by atoms with van der Waals surface area (Å²) in [5.74, 6) is 0.189. The summed E-state index contributed by atoms with van der Waals surface area (Å²) < 4.78 is 0. The van der Waals surface area contributed by atoms with E-state index in [0.29, 0.717) is 10.6 Å². The molecular formula is C14H12N2OS. The zero-order valence-corrected chi connectivity index (χ0v) is 10.4. The van der Waals surface area contributed by atoms with E-state index >= 15 is 0 Å². The Morgan fingerprint density at radius 1 is 1.06 bits per heavy atom. The lowest BCUT2D eigenvalue weighted by Crippen LogP contribution is -2.16. The largest absolute Gasteiger partial charge is 0.507 e. The van der Waals surface area contributed by atoms with Gasteiger partial charge in [-0.3, -0.25) is 5.43 Å². The molecule has 0 saturated heterocycles. The molecule has 0 aliphatic heterocycles. The SMILES string of the molecule is Oc1ccccc1C=NNC(=S)c1ccccc1. The van der Waals surface area contributed by atoms with Crippen molar-refractivity contribution in [1.29, 1.82) is 0 Å². The van der Waals surface area contributed by atoms with Crippen molar-refractivity contribution in [2.24, 2.45) is 5.10 Å². The van der Waals surface area contributed by atoms with Crippen molar-refractivity contribution >= 4 is 23.4 Å². The topological polar surface area (TPSA) is 44.6 Å². The Bertz CT molecular complexity index is 567. The van der Waals surface area contributed by atoms with E-state index in [-0.39, 0.29) is 5.75 Å². The number of phenolic OH excluding ortho intramolecular Hbond substituents is 1. The van der Waals surface area contributed by atoms with Crippen LogP contribution in [0.3, 0.4) is 0 Å². The average molecular weight is 256 g/mol. The predicted octanol–water partition coefficient (Wildman–Crippen LogP) is 2.69. The van der Waals surface area contributed by atoms with Gasteiger partial charge in [-0.2, -0.15) is 5.10 Å². The highest BCUT2D eigenvalue weighted by atomic mass is 32.1. The summed E-state index contributed by atoms with van der Waals surface area (Å²) in [5, 5.41) is 13.5. The Morgan fingerprint density at radius 3 is 2.44 bits per heavy atom. The van der Waals surface area contributed by atoms with Gasteiger partial charge < -0.3 is 5.11 Å². The fraction of sp³-hybridized carbons (Fsp3) is 0. The first-order valence-corrected chi connectivity index (χ1v) is 5.84. The van der Waals surface area contributed by atoms with Gasteiger partial charge in [0.2, 0.25) is 0 Å². The number of hydrogen-bond acceptors (Lipinski definition) is 3. The highest BCUT2D eigenvalue weighted by Gasteiger charge is 1.98. The van der Waals surface area contributed by atoms with Gasteiger partial charge in [0, 0.05) is 11.1 Å². The number of nitrogens with zero attached hydrogens (tertiary/aromatic N) is 1. The van der Waals surface area contributed by atoms with Gasteiger partial charge in [-0.05, 0) is 12.1 Å². The molecule has 0 fully saturated rings. The molecule has 90 valence electrons. The molecular weight excluding hydrogens is 244 g/mol. The molecule has 0 saturated carbocycles. The number of aromatic hydroxyl groups is 1. The van der Waals surface area contributed by atoms with Crippen molar-refractivity contribution in [2.45, 2.75) is 0 Å². The third-order valence-electron chi connectivity index (χ3n) is 2.34. The van der Waals surface area contributed by atoms with Gasteiger partial charge in [-0.15, -0.1) is 0 Å². The number of nitrogens with one attached hydrogen (secondary N) is 1. The molecule has 0 bridgehead atoms. The van der Waals surface area contributed by atoms with E-state index in [9.17, 15) is 5.11 Å². The first-order valence-electron chi connectivity index (χ1n) is 5.44. The number of hydrazone groups is 1. The highest BCUT2D eigenvalue weighted by Crippen LogP contribution is 2.12. The van der Waals surface area contributed by atoms with E-state index in [4.69, 9.17) is 12.2 Å². The molecule has 0 atom stereocenters. The zero-order valence-electron chi connectivity index (χ0n) is 9.58. The second-order valence-electron chi connectivity index (χ2n) is 3.62. The fourth-order valence-electron chi connectivity index (χ4n) is 1.41. The second-order valence-corrected chi connectivity index (χ2v) is 4.03. The molecule has 2 rings (SSSR count). The summed E-state index contributed by atoms with van der Waals surface area (Å²) in [6.07, 6.45) is 1.53. The standard InChI is InChI=1S/C14H12N2OS/c17-13-9-5-4-8-12(13)10-15-16-14(18)11-6-2-1-3-7-11/h1-10,17H,(H,16,18). The van der Waals surface area contributed by atoms with Gasteiger partial charge in [-0.1, -0.05) is 54.7 Å². The summed E-state index contributed by atoms with van der Waals surface area (Å²) in [6, 6.07) is 16.5. The van der Waals surface area contributed by atoms with E-state index in [1.807, 2.05) is 36.4 Å². The van der Waals surface area contributed by atoms with Crippen molar-refractivity contribution < 1.29 is 5.11 Å². The lowest BCUT2D eigenvalue weighted by atomic mass is 10.2. The maximum Gasteiger partial charge on any atom is 0.126 e. The van der Waals surface area contributed by atoms with Crippen LogP contribution in [0.2, 0.25) is 0 Å². The molecule has 0 spiro atoms. The number of benzene rings is 2. The van der Waals surface area contributed by atoms with Crippen molar-refractivity contribution in [1.82, 2.24) is 5.43 Å². The summed E-state index contributed by atoms with van der Waals surface area (Å²) >= 11 is 5.18. The lowest BCUT2D eigenvalue weighted by molar-refractivity contribution is 0.474. The van der Waals surface area contributed by atoms with Gasteiger partial charge in [0.05, 0.1) is 6.21 Å². The molecule has 4 heteroatoms. The lowest BCUT2D eigenvalue weighted by Gasteiger charge is -2.02. The van der Waals surface area contributed by atoms with Gasteiger partial charge in [0.1, 0.15) is 10.7 Å². The molecule has 0 amide bonds. The zero-order chi connectivity index (χ0) is 12.8. The van der Waals surface area contributed by atoms with E-state index in [1.165, 1.54) is 6.21 Å². The molecule has 0 aromatic heterocycles. The van der Waals surface area contributed by atoms with E-state index in [0.717, 1.165) is 5.56 Å². The maximum atomic E-state index is 9.54. The van der Waals surface area contributed by atoms with Crippen LogP contribution < -0.4 is 5.43 Å². The normalized spacial score (nSPS) is 10.4. The van der Waals surface area contributed by atoms with Crippen LogP contribution in [0.15, 0.2) is 59.7 Å². The molecule has 0 radical (unpaired) electrons. The first kappa shape index (κ1) is 12.3. The van der Waals surface area contributed by atoms with Crippen LogP contribution in [-0.2, 0) is 0 Å². The van der Waals surface area contributed by atoms with Crippen molar-refractivity contribution in [3.05, 3.63) is 65.7 Å². The number of phenols is 1. The Hall–Kier alpha value is -2.20. The fourth-order valence-corrected chi connectivity index (χ4v) is 1.60. The number of rotatable bonds is 3. The third-order valence-corrected chi connectivity index (χ3v) is 2.67. The quantitative estimate of drug-likeness (QED) is 0.504. The van der Waals surface area contributed by atoms with E-state index in [1.54, 1.807) is 18.2 Å². The minimum absolute atomic E-state index is 0.189. The summed E-state index contributed by atoms with van der Waals surface area (Å²) in [6.45, 7) is 0. The Kier molecular flexibility index (Phi) is 4.04. The molecule has 0 unspecified atom stereocenters. The summed E-state index contributed by atoms with van der Waals surface area (Å²) in [7, 11) is 0. The van der Waals surface area contributed by atoms with Crippen LogP contribution >= 0.6 is 12.2 Å². The maximum absolute atomic E-state index is 9.54.